The van der Waals surface area contributed by atoms with Gasteiger partial charge in [-0.3, -0.25) is 0 Å². The molecule has 21 heavy (non-hydrogen) atoms. The predicted molar refractivity (Wildman–Crippen MR) is 79.4 cm³/mol. The molecule has 1 aromatic carbocycles. The largest absolute Gasteiger partial charge is 0.618 e. The van der Waals surface area contributed by atoms with E-state index in [1.54, 1.807) is 12.1 Å². The minimum absolute atomic E-state index is 0.463. The number of hydrogen-bond acceptors (Lipinski definition) is 5. The number of rotatable bonds is 4. The lowest BCUT2D eigenvalue weighted by molar-refractivity contribution is -0.645. The first-order valence-electron chi connectivity index (χ1n) is 6.43. The van der Waals surface area contributed by atoms with E-state index in [4.69, 9.17) is 4.42 Å². The number of thioether (sulfide) groups is 1. The topological polar surface area (TPSA) is 65.9 Å². The quantitative estimate of drug-likeness (QED) is 0.421. The molecule has 0 atom stereocenters. The molecule has 0 aliphatic rings. The first-order chi connectivity index (χ1) is 10.2. The molecule has 0 amide bonds. The summed E-state index contributed by atoms with van der Waals surface area (Å²) in [5, 5.41) is 20.2. The average molecular weight is 299 g/mol. The van der Waals surface area contributed by atoms with Crippen LogP contribution in [0.3, 0.4) is 0 Å². The highest BCUT2D eigenvalue weighted by molar-refractivity contribution is 7.98. The summed E-state index contributed by atoms with van der Waals surface area (Å²) >= 11 is 1.37. The van der Waals surface area contributed by atoms with Gasteiger partial charge in [-0.25, -0.2) is 0 Å². The molecular formula is C15H13N3O2S. The van der Waals surface area contributed by atoms with Gasteiger partial charge in [-0.1, -0.05) is 17.7 Å². The summed E-state index contributed by atoms with van der Waals surface area (Å²) in [6.07, 6.45) is 1.47. The molecule has 3 rings (SSSR count). The van der Waals surface area contributed by atoms with Crippen LogP contribution < -0.4 is 4.73 Å². The molecule has 3 aromatic rings. The van der Waals surface area contributed by atoms with Crippen LogP contribution in [0, 0.1) is 12.1 Å². The van der Waals surface area contributed by atoms with Gasteiger partial charge in [0.15, 0.2) is 6.20 Å². The summed E-state index contributed by atoms with van der Waals surface area (Å²) in [5.74, 6) is 1.46. The average Bonchev–Trinajstić information content (AvgIpc) is 2.96. The Balaban J connectivity index is 1.71. The van der Waals surface area contributed by atoms with Crippen molar-refractivity contribution >= 4 is 11.8 Å². The van der Waals surface area contributed by atoms with Crippen molar-refractivity contribution in [3.8, 4) is 11.5 Å². The van der Waals surface area contributed by atoms with Crippen LogP contribution in [-0.2, 0) is 5.75 Å². The van der Waals surface area contributed by atoms with E-state index in [2.05, 4.69) is 10.2 Å². The van der Waals surface area contributed by atoms with Gasteiger partial charge >= 0.3 is 0 Å². The molecule has 0 bridgehead atoms. The SMILES string of the molecule is Cc1ccc(-c2nnc(CSc3cccc[n+]3[O-])o2)cc1. The first kappa shape index (κ1) is 13.6. The van der Waals surface area contributed by atoms with Crippen molar-refractivity contribution in [3.05, 3.63) is 65.3 Å². The number of hydrogen-bond donors (Lipinski definition) is 0. The molecule has 5 nitrogen and oxygen atoms in total. The molecule has 0 radical (unpaired) electrons. The molecule has 2 heterocycles. The van der Waals surface area contributed by atoms with Crippen molar-refractivity contribution in [2.75, 3.05) is 0 Å². The highest BCUT2D eigenvalue weighted by Gasteiger charge is 2.11. The maximum Gasteiger partial charge on any atom is 0.251 e. The molecule has 2 aromatic heterocycles. The second-order valence-corrected chi connectivity index (χ2v) is 5.52. The Morgan fingerprint density at radius 3 is 2.71 bits per heavy atom. The van der Waals surface area contributed by atoms with Crippen LogP contribution in [0.2, 0.25) is 0 Å². The summed E-state index contributed by atoms with van der Waals surface area (Å²) in [6, 6.07) is 13.2. The van der Waals surface area contributed by atoms with E-state index in [0.29, 0.717) is 22.6 Å². The number of aryl methyl sites for hydroxylation is 1. The maximum atomic E-state index is 11.5. The molecule has 0 saturated carbocycles. The van der Waals surface area contributed by atoms with E-state index in [1.807, 2.05) is 37.3 Å². The number of nitrogens with zero attached hydrogens (tertiary/aromatic N) is 3. The molecule has 0 saturated heterocycles. The van der Waals surface area contributed by atoms with Gasteiger partial charge < -0.3 is 9.62 Å². The van der Waals surface area contributed by atoms with E-state index in [-0.39, 0.29) is 0 Å². The fourth-order valence-electron chi connectivity index (χ4n) is 1.78. The van der Waals surface area contributed by atoms with Crippen molar-refractivity contribution < 1.29 is 9.15 Å². The number of aromatic nitrogens is 3. The van der Waals surface area contributed by atoms with Crippen molar-refractivity contribution in [3.63, 3.8) is 0 Å². The third kappa shape index (κ3) is 3.22. The Morgan fingerprint density at radius 2 is 1.95 bits per heavy atom. The molecular weight excluding hydrogens is 286 g/mol. The highest BCUT2D eigenvalue weighted by atomic mass is 32.2. The van der Waals surface area contributed by atoms with Gasteiger partial charge in [0.25, 0.3) is 5.03 Å². The third-order valence-electron chi connectivity index (χ3n) is 2.90. The molecule has 0 spiro atoms. The van der Waals surface area contributed by atoms with Crippen LogP contribution >= 0.6 is 11.8 Å². The first-order valence-corrected chi connectivity index (χ1v) is 7.41. The van der Waals surface area contributed by atoms with E-state index in [1.165, 1.54) is 23.5 Å². The van der Waals surface area contributed by atoms with Crippen LogP contribution in [0.5, 0.6) is 0 Å². The Bertz CT molecular complexity index is 741. The zero-order chi connectivity index (χ0) is 14.7. The minimum Gasteiger partial charge on any atom is -0.618 e. The lowest BCUT2D eigenvalue weighted by Gasteiger charge is -2.00. The van der Waals surface area contributed by atoms with E-state index in [0.717, 1.165) is 10.3 Å². The van der Waals surface area contributed by atoms with Crippen LogP contribution in [0.1, 0.15) is 11.5 Å². The number of benzene rings is 1. The van der Waals surface area contributed by atoms with E-state index in [9.17, 15) is 5.21 Å². The van der Waals surface area contributed by atoms with Gasteiger partial charge in [-0.2, -0.15) is 4.73 Å². The zero-order valence-corrected chi connectivity index (χ0v) is 12.2. The predicted octanol–water partition coefficient (Wildman–Crippen LogP) is 2.97. The smallest absolute Gasteiger partial charge is 0.251 e. The molecule has 0 fully saturated rings. The van der Waals surface area contributed by atoms with Crippen molar-refractivity contribution in [2.45, 2.75) is 17.7 Å². The third-order valence-corrected chi connectivity index (χ3v) is 3.90. The van der Waals surface area contributed by atoms with Gasteiger partial charge in [-0.05, 0) is 36.9 Å². The standard InChI is InChI=1S/C15H13N3O2S/c1-11-5-7-12(8-6-11)15-17-16-13(20-15)10-21-14-4-2-3-9-18(14)19/h2-9H,10H2,1H3. The lowest BCUT2D eigenvalue weighted by Crippen LogP contribution is -2.27. The summed E-state index contributed by atoms with van der Waals surface area (Å²) in [4.78, 5) is 0. The monoisotopic (exact) mass is 299 g/mol. The van der Waals surface area contributed by atoms with Gasteiger partial charge in [0.2, 0.25) is 11.8 Å². The molecule has 0 aliphatic heterocycles. The summed E-state index contributed by atoms with van der Waals surface area (Å²) in [7, 11) is 0. The van der Waals surface area contributed by atoms with Crippen LogP contribution in [-0.4, -0.2) is 10.2 Å². The van der Waals surface area contributed by atoms with Gasteiger partial charge in [0.1, 0.15) is 0 Å². The summed E-state index contributed by atoms with van der Waals surface area (Å²) < 4.78 is 6.44. The Hall–Kier alpha value is -2.34. The normalized spacial score (nSPS) is 10.7. The summed E-state index contributed by atoms with van der Waals surface area (Å²) in [6.45, 7) is 2.03. The van der Waals surface area contributed by atoms with Crippen molar-refractivity contribution in [2.24, 2.45) is 0 Å². The van der Waals surface area contributed by atoms with E-state index < -0.39 is 0 Å². The molecule has 0 aliphatic carbocycles. The van der Waals surface area contributed by atoms with Crippen molar-refractivity contribution in [1.82, 2.24) is 10.2 Å². The Kier molecular flexibility index (Phi) is 3.87. The second-order valence-electron chi connectivity index (χ2n) is 4.52. The van der Waals surface area contributed by atoms with Crippen LogP contribution in [0.25, 0.3) is 11.5 Å². The lowest BCUT2D eigenvalue weighted by atomic mass is 10.1. The Morgan fingerprint density at radius 1 is 1.14 bits per heavy atom. The number of pyridine rings is 1. The van der Waals surface area contributed by atoms with E-state index >= 15 is 0 Å². The van der Waals surface area contributed by atoms with Gasteiger partial charge in [0, 0.05) is 17.7 Å². The maximum absolute atomic E-state index is 11.5. The zero-order valence-electron chi connectivity index (χ0n) is 11.4. The minimum atomic E-state index is 0.463. The fourth-order valence-corrected chi connectivity index (χ4v) is 2.54. The molecule has 0 unspecified atom stereocenters. The second kappa shape index (κ2) is 5.97. The fraction of sp³-hybridized carbons (Fsp3) is 0.133. The highest BCUT2D eigenvalue weighted by Crippen LogP contribution is 2.22. The Labute approximate surface area is 126 Å². The summed E-state index contributed by atoms with van der Waals surface area (Å²) in [5.41, 5.74) is 2.07. The molecule has 106 valence electrons. The van der Waals surface area contributed by atoms with Crippen LogP contribution in [0.4, 0.5) is 0 Å². The molecule has 6 heteroatoms. The van der Waals surface area contributed by atoms with Gasteiger partial charge in [0.05, 0.1) is 5.75 Å². The van der Waals surface area contributed by atoms with Crippen LogP contribution in [0.15, 0.2) is 58.1 Å². The van der Waals surface area contributed by atoms with Crippen molar-refractivity contribution in [1.29, 1.82) is 0 Å². The van der Waals surface area contributed by atoms with Gasteiger partial charge in [-0.15, -0.1) is 10.2 Å². The molecule has 0 N–H and O–H groups in total.